The second-order valence-corrected chi connectivity index (χ2v) is 7.09. The van der Waals surface area contributed by atoms with Crippen LogP contribution in [-0.2, 0) is 23.7 Å². The molecule has 1 saturated heterocycles. The van der Waals surface area contributed by atoms with Gasteiger partial charge in [0.05, 0.1) is 25.9 Å². The Bertz CT molecular complexity index is 665. The second-order valence-electron chi connectivity index (χ2n) is 7.09. The molecule has 1 fully saturated rings. The molecule has 178 valence electrons. The highest BCUT2D eigenvalue weighted by molar-refractivity contribution is 5.90. The van der Waals surface area contributed by atoms with Crippen molar-refractivity contribution in [2.45, 2.75) is 54.9 Å². The Hall–Kier alpha value is -1.81. The van der Waals surface area contributed by atoms with Crippen molar-refractivity contribution < 1.29 is 64.6 Å². The second kappa shape index (κ2) is 10.7. The quantitative estimate of drug-likeness (QED) is 0.110. The summed E-state index contributed by atoms with van der Waals surface area (Å²) in [4.78, 5) is 12.6. The van der Waals surface area contributed by atoms with Gasteiger partial charge in [-0.15, -0.1) is 0 Å². The summed E-state index contributed by atoms with van der Waals surface area (Å²) in [5, 5.41) is 78.2. The van der Waals surface area contributed by atoms with E-state index >= 15 is 0 Å². The molecule has 0 bridgehead atoms. The normalized spacial score (nSPS) is 35.5. The molecule has 2 aliphatic heterocycles. The van der Waals surface area contributed by atoms with Crippen LogP contribution in [0.1, 0.15) is 6.42 Å². The largest absolute Gasteiger partial charge is 0.485 e. The SMILES string of the molecule is C=CCOC1=C(OC2O[C@H](CO)[C@@H](O)[C@H](O)[C@H]2O)C(=O)O[C@]1(CC(O)CO)[C@@H](O)CO. The fraction of sp³-hybridized carbons (Fsp3) is 0.722. The van der Waals surface area contributed by atoms with Crippen LogP contribution in [0, 0.1) is 0 Å². The third-order valence-electron chi connectivity index (χ3n) is 4.94. The van der Waals surface area contributed by atoms with Crippen LogP contribution in [0.5, 0.6) is 0 Å². The summed E-state index contributed by atoms with van der Waals surface area (Å²) < 4.78 is 21.2. The summed E-state index contributed by atoms with van der Waals surface area (Å²) in [5.74, 6) is -2.43. The third kappa shape index (κ3) is 5.00. The molecule has 31 heavy (non-hydrogen) atoms. The van der Waals surface area contributed by atoms with Crippen molar-refractivity contribution >= 4 is 5.97 Å². The molecule has 2 aliphatic rings. The van der Waals surface area contributed by atoms with Gasteiger partial charge in [0.15, 0.2) is 5.76 Å². The molecule has 2 rings (SSSR count). The lowest BCUT2D eigenvalue weighted by atomic mass is 9.88. The Labute approximate surface area is 177 Å². The smallest absolute Gasteiger partial charge is 0.378 e. The summed E-state index contributed by atoms with van der Waals surface area (Å²) in [5.41, 5.74) is -2.17. The van der Waals surface area contributed by atoms with Gasteiger partial charge in [0, 0.05) is 6.42 Å². The summed E-state index contributed by atoms with van der Waals surface area (Å²) in [6, 6.07) is 0. The minimum atomic E-state index is -2.17. The molecule has 0 aromatic rings. The molecule has 13 heteroatoms. The molecule has 0 aromatic carbocycles. The van der Waals surface area contributed by atoms with E-state index in [2.05, 4.69) is 6.58 Å². The molecule has 0 aromatic heterocycles. The molecule has 0 saturated carbocycles. The zero-order chi connectivity index (χ0) is 23.3. The Balaban J connectivity index is 2.47. The maximum absolute atomic E-state index is 12.6. The van der Waals surface area contributed by atoms with Crippen LogP contribution in [-0.4, -0.2) is 122 Å². The highest BCUT2D eigenvalue weighted by Crippen LogP contribution is 2.42. The van der Waals surface area contributed by atoms with Gasteiger partial charge in [0.2, 0.25) is 17.7 Å². The zero-order valence-electron chi connectivity index (χ0n) is 16.5. The van der Waals surface area contributed by atoms with Crippen molar-refractivity contribution in [1.82, 2.24) is 0 Å². The lowest BCUT2D eigenvalue weighted by Crippen LogP contribution is -2.59. The van der Waals surface area contributed by atoms with Crippen LogP contribution >= 0.6 is 0 Å². The van der Waals surface area contributed by atoms with Crippen LogP contribution in [0.4, 0.5) is 0 Å². The predicted octanol–water partition coefficient (Wildman–Crippen LogP) is -4.39. The number of carbonyl (C=O) groups is 1. The fourth-order valence-electron chi connectivity index (χ4n) is 3.31. The third-order valence-corrected chi connectivity index (χ3v) is 4.94. The first kappa shape index (κ1) is 25.5. The molecule has 0 radical (unpaired) electrons. The standard InChI is InChI=1S/C18H28O13/c1-2-3-28-15-14(30-17-13(26)12(25)11(24)9(6-20)29-17)16(27)31-18(15,10(23)7-21)4-8(22)5-19/h2,8-13,17,19-26H,1,3-7H2/t8?,9-,10+,11-,12+,13-,17?,18-/m1/s1. The topological polar surface area (TPSA) is 216 Å². The fourth-order valence-corrected chi connectivity index (χ4v) is 3.31. The number of ether oxygens (including phenoxy) is 4. The van der Waals surface area contributed by atoms with Crippen LogP contribution in [0.15, 0.2) is 24.2 Å². The van der Waals surface area contributed by atoms with Crippen LogP contribution in [0.3, 0.4) is 0 Å². The number of hydrogen-bond donors (Lipinski definition) is 8. The molecule has 2 unspecified atom stereocenters. The maximum Gasteiger partial charge on any atom is 0.378 e. The molecular weight excluding hydrogens is 424 g/mol. The Morgan fingerprint density at radius 1 is 1.10 bits per heavy atom. The minimum Gasteiger partial charge on any atom is -0.485 e. The van der Waals surface area contributed by atoms with Crippen LogP contribution in [0.25, 0.3) is 0 Å². The number of carbonyl (C=O) groups excluding carboxylic acids is 1. The van der Waals surface area contributed by atoms with Gasteiger partial charge in [-0.25, -0.2) is 4.79 Å². The summed E-state index contributed by atoms with van der Waals surface area (Å²) >= 11 is 0. The van der Waals surface area contributed by atoms with E-state index in [-0.39, 0.29) is 6.61 Å². The molecule has 0 spiro atoms. The lowest BCUT2D eigenvalue weighted by molar-refractivity contribution is -0.291. The molecular formula is C18H28O13. The van der Waals surface area contributed by atoms with Gasteiger partial charge in [-0.3, -0.25) is 0 Å². The van der Waals surface area contributed by atoms with Crippen molar-refractivity contribution in [3.63, 3.8) is 0 Å². The molecule has 0 amide bonds. The number of aliphatic hydroxyl groups is 8. The van der Waals surface area contributed by atoms with Gasteiger partial charge in [-0.05, 0) is 0 Å². The van der Waals surface area contributed by atoms with Gasteiger partial charge < -0.3 is 59.8 Å². The summed E-state index contributed by atoms with van der Waals surface area (Å²) in [6.45, 7) is 0.775. The van der Waals surface area contributed by atoms with Crippen molar-refractivity contribution in [3.05, 3.63) is 24.2 Å². The first-order chi connectivity index (χ1) is 14.7. The van der Waals surface area contributed by atoms with Gasteiger partial charge in [-0.1, -0.05) is 12.7 Å². The van der Waals surface area contributed by atoms with Crippen molar-refractivity contribution in [3.8, 4) is 0 Å². The number of hydrogen-bond acceptors (Lipinski definition) is 13. The zero-order valence-corrected chi connectivity index (χ0v) is 16.5. The van der Waals surface area contributed by atoms with Crippen molar-refractivity contribution in [1.29, 1.82) is 0 Å². The van der Waals surface area contributed by atoms with Gasteiger partial charge in [0.25, 0.3) is 0 Å². The molecule has 0 aliphatic carbocycles. The predicted molar refractivity (Wildman–Crippen MR) is 97.7 cm³/mol. The van der Waals surface area contributed by atoms with Crippen LogP contribution in [0.2, 0.25) is 0 Å². The number of aliphatic hydroxyl groups excluding tert-OH is 8. The van der Waals surface area contributed by atoms with E-state index in [0.29, 0.717) is 0 Å². The molecule has 8 N–H and O–H groups in total. The van der Waals surface area contributed by atoms with E-state index in [4.69, 9.17) is 18.9 Å². The maximum atomic E-state index is 12.6. The monoisotopic (exact) mass is 452 g/mol. The molecule has 8 atom stereocenters. The van der Waals surface area contributed by atoms with Crippen LogP contribution < -0.4 is 0 Å². The number of esters is 1. The number of cyclic esters (lactones) is 1. The van der Waals surface area contributed by atoms with E-state index in [9.17, 15) is 45.6 Å². The van der Waals surface area contributed by atoms with E-state index in [1.165, 1.54) is 6.08 Å². The van der Waals surface area contributed by atoms with E-state index in [1.54, 1.807) is 0 Å². The first-order valence-corrected chi connectivity index (χ1v) is 9.43. The minimum absolute atomic E-state index is 0.233. The lowest BCUT2D eigenvalue weighted by Gasteiger charge is -2.39. The molecule has 2 heterocycles. The summed E-state index contributed by atoms with van der Waals surface area (Å²) in [7, 11) is 0. The van der Waals surface area contributed by atoms with Gasteiger partial charge in [0.1, 0.15) is 37.1 Å². The van der Waals surface area contributed by atoms with Crippen molar-refractivity contribution in [2.75, 3.05) is 26.4 Å². The van der Waals surface area contributed by atoms with Gasteiger partial charge in [-0.2, -0.15) is 0 Å². The molecule has 13 nitrogen and oxygen atoms in total. The van der Waals surface area contributed by atoms with Crippen molar-refractivity contribution in [2.24, 2.45) is 0 Å². The average molecular weight is 452 g/mol. The summed E-state index contributed by atoms with van der Waals surface area (Å²) in [6.07, 6.45) is -11.1. The Kier molecular flexibility index (Phi) is 8.76. The van der Waals surface area contributed by atoms with E-state index < -0.39 is 92.2 Å². The Morgan fingerprint density at radius 3 is 2.32 bits per heavy atom. The average Bonchev–Trinajstić information content (AvgIpc) is 3.02. The highest BCUT2D eigenvalue weighted by Gasteiger charge is 2.57. The first-order valence-electron chi connectivity index (χ1n) is 9.43. The Morgan fingerprint density at radius 2 is 1.77 bits per heavy atom. The van der Waals surface area contributed by atoms with E-state index in [0.717, 1.165) is 0 Å². The van der Waals surface area contributed by atoms with E-state index in [1.807, 2.05) is 0 Å². The van der Waals surface area contributed by atoms with Gasteiger partial charge >= 0.3 is 5.97 Å². The number of rotatable bonds is 11. The highest BCUT2D eigenvalue weighted by atomic mass is 16.7.